The van der Waals surface area contributed by atoms with Crippen molar-refractivity contribution in [3.8, 4) is 0 Å². The number of nitrogens with zero attached hydrogens (tertiary/aromatic N) is 1. The van der Waals surface area contributed by atoms with E-state index in [4.69, 9.17) is 14.2 Å². The largest absolute Gasteiger partial charge is 0.547 e. The Labute approximate surface area is 291 Å². The van der Waals surface area contributed by atoms with E-state index < -0.39 is 48.4 Å². The molecule has 12 nitrogen and oxygen atoms in total. The molecule has 278 valence electrons. The molecule has 0 aromatic heterocycles. The number of hydrogen-bond acceptors (Lipinski definition) is 10. The van der Waals surface area contributed by atoms with Crippen molar-refractivity contribution in [2.75, 3.05) is 19.7 Å². The predicted molar refractivity (Wildman–Crippen MR) is 180 cm³/mol. The second kappa shape index (κ2) is 17.7. The number of carboxylic acids is 1. The van der Waals surface area contributed by atoms with Gasteiger partial charge in [0, 0.05) is 18.8 Å². The van der Waals surface area contributed by atoms with Crippen molar-refractivity contribution in [1.29, 1.82) is 0 Å². The molecule has 8 N–H and O–H groups in total. The summed E-state index contributed by atoms with van der Waals surface area (Å²) in [6.07, 6.45) is 6.99. The number of nitrogens with two attached hydrogens (primary N) is 1. The third kappa shape index (κ3) is 9.44. The van der Waals surface area contributed by atoms with Gasteiger partial charge in [0.15, 0.2) is 30.8 Å². The van der Waals surface area contributed by atoms with E-state index >= 15 is 0 Å². The van der Waals surface area contributed by atoms with Crippen LogP contribution in [0.25, 0.3) is 0 Å². The number of carbonyl (C=O) groups excluding carboxylic acids is 1. The van der Waals surface area contributed by atoms with Crippen molar-refractivity contribution in [1.82, 2.24) is 0 Å². The van der Waals surface area contributed by atoms with E-state index in [-0.39, 0.29) is 36.5 Å². The lowest BCUT2D eigenvalue weighted by Gasteiger charge is -2.49. The summed E-state index contributed by atoms with van der Waals surface area (Å²) in [5.41, 5.74) is -0.955. The number of fused-ring (bicyclic) bond motifs is 1. The molecular weight excluding hydrogens is 632 g/mol. The van der Waals surface area contributed by atoms with Crippen molar-refractivity contribution < 1.29 is 55.0 Å². The topological polar surface area (TPSA) is 202 Å². The molecule has 0 aromatic rings. The lowest BCUT2D eigenvalue weighted by Crippen LogP contribution is -2.93. The number of aliphatic hydroxyl groups is 7. The van der Waals surface area contributed by atoms with E-state index in [1.54, 1.807) is 6.54 Å². The zero-order valence-electron chi connectivity index (χ0n) is 29.4. The lowest BCUT2D eigenvalue weighted by molar-refractivity contribution is -0.680. The fourth-order valence-corrected chi connectivity index (χ4v) is 9.09. The van der Waals surface area contributed by atoms with Gasteiger partial charge < -0.3 is 55.0 Å². The van der Waals surface area contributed by atoms with E-state index in [0.717, 1.165) is 50.5 Å². The number of hydrogen-bond donors (Lipinski definition) is 6. The van der Waals surface area contributed by atoms with Crippen LogP contribution >= 0.6 is 0 Å². The second-order valence-corrected chi connectivity index (χ2v) is 15.7. The van der Waals surface area contributed by atoms with Gasteiger partial charge in [-0.3, -0.25) is 0 Å². The average molecular weight is 695 g/mol. The number of unbranched alkanes of at least 4 members (excludes halogenated alkanes) is 3. The van der Waals surface area contributed by atoms with Crippen LogP contribution in [0.4, 0.5) is 0 Å². The third-order valence-electron chi connectivity index (χ3n) is 12.3. The second-order valence-electron chi connectivity index (χ2n) is 15.7. The van der Waals surface area contributed by atoms with Crippen molar-refractivity contribution in [2.45, 2.75) is 152 Å². The van der Waals surface area contributed by atoms with Gasteiger partial charge in [-0.1, -0.05) is 46.0 Å². The number of aliphatic hydroxyl groups excluding tert-OH is 4. The maximum Gasteiger partial charge on any atom is 0.195 e. The van der Waals surface area contributed by atoms with Gasteiger partial charge in [-0.25, -0.2) is 0 Å². The van der Waals surface area contributed by atoms with Crippen LogP contribution in [0.1, 0.15) is 97.3 Å². The molecule has 0 spiro atoms. The molecule has 2 saturated heterocycles. The summed E-state index contributed by atoms with van der Waals surface area (Å²) in [5.74, 6) is -0.632. The van der Waals surface area contributed by atoms with Crippen LogP contribution in [0.3, 0.4) is 0 Å². The molecule has 2 aliphatic carbocycles. The average Bonchev–Trinajstić information content (AvgIpc) is 3.60. The van der Waals surface area contributed by atoms with Crippen LogP contribution in [0.15, 0.2) is 16.6 Å². The maximum atomic E-state index is 12.0. The van der Waals surface area contributed by atoms with E-state index in [0.29, 0.717) is 44.2 Å². The van der Waals surface area contributed by atoms with Crippen LogP contribution in [0.5, 0.6) is 0 Å². The molecule has 0 amide bonds. The Kier molecular flexibility index (Phi) is 14.0. The molecule has 12 unspecified atom stereocenters. The van der Waals surface area contributed by atoms with E-state index in [1.165, 1.54) is 19.3 Å². The number of rotatable bonds is 16. The predicted octanol–water partition coefficient (Wildman–Crippen LogP) is -0.113. The first-order chi connectivity index (χ1) is 23.5. The van der Waals surface area contributed by atoms with Crippen molar-refractivity contribution in [2.24, 2.45) is 34.6 Å². The van der Waals surface area contributed by atoms with Crippen LogP contribution in [-0.2, 0) is 14.3 Å². The molecule has 0 aromatic carbocycles. The Morgan fingerprint density at radius 2 is 1.90 bits per heavy atom. The van der Waals surface area contributed by atoms with Crippen LogP contribution < -0.4 is 10.4 Å². The number of aliphatic carboxylic acids is 1. The maximum absolute atomic E-state index is 12.0. The van der Waals surface area contributed by atoms with Crippen molar-refractivity contribution in [3.05, 3.63) is 18.2 Å². The van der Waals surface area contributed by atoms with Gasteiger partial charge in [0.05, 0.1) is 48.7 Å². The number of carboxylic acid groups (broad SMARTS) is 1. The fourth-order valence-electron chi connectivity index (χ4n) is 9.09. The molecule has 3 heterocycles. The Morgan fingerprint density at radius 3 is 2.59 bits per heavy atom. The number of carbonyl (C=O) groups is 1. The highest BCUT2D eigenvalue weighted by atomic mass is 16.7. The summed E-state index contributed by atoms with van der Waals surface area (Å²) < 4.78 is 17.0. The molecular formula is C37H62N2O10+2. The molecule has 5 aliphatic rings. The molecule has 0 radical (unpaired) electrons. The van der Waals surface area contributed by atoms with Crippen LogP contribution in [-0.4, -0.2) is 117 Å². The number of quaternary nitrogens is 1. The normalized spacial score (nSPS) is 40.6. The highest BCUT2D eigenvalue weighted by Crippen LogP contribution is 2.43. The molecule has 49 heavy (non-hydrogen) atoms. The molecule has 5 rings (SSSR count). The van der Waals surface area contributed by atoms with E-state index in [1.807, 2.05) is 17.6 Å². The van der Waals surface area contributed by atoms with Gasteiger partial charge in [-0.15, -0.1) is 4.99 Å². The summed E-state index contributed by atoms with van der Waals surface area (Å²) in [5, 5.41) is 69.1. The van der Waals surface area contributed by atoms with Gasteiger partial charge in [0.25, 0.3) is 0 Å². The Bertz CT molecular complexity index is 1110. The van der Waals surface area contributed by atoms with Gasteiger partial charge in [0.2, 0.25) is 0 Å². The summed E-state index contributed by atoms with van der Waals surface area (Å²) in [6, 6.07) is 0. The van der Waals surface area contributed by atoms with Crippen molar-refractivity contribution in [3.63, 3.8) is 0 Å². The third-order valence-corrected chi connectivity index (χ3v) is 12.3. The molecule has 12 heteroatoms. The summed E-state index contributed by atoms with van der Waals surface area (Å²) in [6.45, 7) is 7.33. The van der Waals surface area contributed by atoms with Gasteiger partial charge in [0.1, 0.15) is 37.0 Å². The van der Waals surface area contributed by atoms with Gasteiger partial charge in [-0.2, -0.15) is 0 Å². The summed E-state index contributed by atoms with van der Waals surface area (Å²) >= 11 is 0. The number of allylic oxidation sites excluding steroid dienone is 1. The highest BCUT2D eigenvalue weighted by Gasteiger charge is 2.58. The first kappa shape index (κ1) is 38.6. The minimum absolute atomic E-state index is 0.0214. The molecule has 0 bridgehead atoms. The molecule has 2 saturated carbocycles. The van der Waals surface area contributed by atoms with E-state index in [2.05, 4.69) is 18.8 Å². The van der Waals surface area contributed by atoms with Gasteiger partial charge >= 0.3 is 0 Å². The Balaban J connectivity index is 1.22. The van der Waals surface area contributed by atoms with Crippen LogP contribution in [0, 0.1) is 36.1 Å². The first-order valence-corrected chi connectivity index (χ1v) is 19.0. The molecule has 12 atom stereocenters. The Hall–Kier alpha value is -1.61. The monoisotopic (exact) mass is 694 g/mol. The van der Waals surface area contributed by atoms with Crippen molar-refractivity contribution >= 4 is 12.2 Å². The quantitative estimate of drug-likeness (QED) is 0.0724. The fraction of sp³-hybridized carbons (Fsp3) is 0.865. The SMILES string of the molecule is CCCCCCC(C)C(C[NH2+]CC1(O)C(OC2CCC3C(C2)[OH+]CC(C2CCC(O)CC2)C3O)OC(C(=O)[O-])C(O)C1O)CC1=C[CH+]N=C1. The highest BCUT2D eigenvalue weighted by molar-refractivity contribution is 5.81. The zero-order chi connectivity index (χ0) is 35.1. The minimum Gasteiger partial charge on any atom is -0.547 e. The zero-order valence-corrected chi connectivity index (χ0v) is 29.4. The molecule has 3 aliphatic heterocycles. The molecule has 4 fully saturated rings. The standard InChI is InChI=1S/C37H60N2O10/c1-3-4-5-6-7-22(2)25(16-23-14-15-38-18-23)19-39-21-37(46)34(43)32(42)33(35(44)45)49-36(37)48-27-12-13-28-30(17-27)47-20-29(31(28)41)24-8-10-26(40)11-9-24/h14-15,18,22,24-34,36,39-43,46H,3-13,16-17,19-21H2,1-2H3/p+2. The van der Waals surface area contributed by atoms with E-state index in [9.17, 15) is 35.4 Å². The summed E-state index contributed by atoms with van der Waals surface area (Å²) in [7, 11) is 0. The lowest BCUT2D eigenvalue weighted by atomic mass is 9.69. The minimum atomic E-state index is -2.10. The summed E-state index contributed by atoms with van der Waals surface area (Å²) in [4.78, 5) is 16.1. The first-order valence-electron chi connectivity index (χ1n) is 19.0. The Morgan fingerprint density at radius 1 is 1.12 bits per heavy atom. The number of ether oxygens (including phenoxy) is 3. The number of aliphatic imine (C=N–C) groups is 1. The van der Waals surface area contributed by atoms with Crippen LogP contribution in [0.2, 0.25) is 0 Å². The smallest absolute Gasteiger partial charge is 0.195 e. The van der Waals surface area contributed by atoms with Gasteiger partial charge in [-0.05, 0) is 50.4 Å².